The van der Waals surface area contributed by atoms with Crippen LogP contribution >= 0.6 is 34.3 Å². The first kappa shape index (κ1) is 96.1. The molecule has 6 aliphatic rings. The fourth-order valence-electron chi connectivity index (χ4n) is 22.5. The van der Waals surface area contributed by atoms with Crippen LogP contribution in [0, 0.1) is 0 Å². The lowest BCUT2D eigenvalue weighted by atomic mass is 9.33. The predicted molar refractivity (Wildman–Crippen MR) is 575 cm³/mol. The minimum atomic E-state index is -0.177. The Bertz CT molecular complexity index is 6340. The monoisotopic (exact) mass is 1790 g/mol. The predicted octanol–water partition coefficient (Wildman–Crippen LogP) is 34.4. The number of aromatic nitrogens is 2. The normalized spacial score (nSPS) is 19.8. The van der Waals surface area contributed by atoms with E-state index in [-0.39, 0.29) is 97.6 Å². The first-order chi connectivity index (χ1) is 59.1. The molecule has 2 aliphatic carbocycles. The zero-order chi connectivity index (χ0) is 92.8. The molecule has 130 heavy (non-hydrogen) atoms. The molecule has 686 valence electrons. The summed E-state index contributed by atoms with van der Waals surface area (Å²) in [5.41, 5.74) is 37.2. The van der Waals surface area contributed by atoms with Crippen molar-refractivity contribution in [2.24, 2.45) is 0 Å². The van der Waals surface area contributed by atoms with E-state index in [0.29, 0.717) is 0 Å². The van der Waals surface area contributed by atoms with Crippen molar-refractivity contribution >= 4 is 135 Å². The van der Waals surface area contributed by atoms with Gasteiger partial charge in [-0.15, -0.1) is 22.7 Å². The van der Waals surface area contributed by atoms with Crippen molar-refractivity contribution in [1.82, 2.24) is 9.97 Å². The van der Waals surface area contributed by atoms with Crippen molar-refractivity contribution in [3.05, 3.63) is 242 Å². The van der Waals surface area contributed by atoms with Crippen LogP contribution in [0.4, 0.5) is 56.9 Å². The van der Waals surface area contributed by atoms with Crippen LogP contribution in [0.3, 0.4) is 0 Å². The number of thiazole rings is 2. The van der Waals surface area contributed by atoms with Gasteiger partial charge in [-0.1, -0.05) is 359 Å². The van der Waals surface area contributed by atoms with Gasteiger partial charge in [-0.25, -0.2) is 9.97 Å². The molecule has 12 aromatic rings. The Labute approximate surface area is 798 Å². The van der Waals surface area contributed by atoms with Gasteiger partial charge in [-0.3, -0.25) is 0 Å². The molecule has 4 atom stereocenters. The average Bonchev–Trinajstić information content (AvgIpc) is 1.49. The van der Waals surface area contributed by atoms with Gasteiger partial charge in [-0.05, 0) is 262 Å². The summed E-state index contributed by atoms with van der Waals surface area (Å²) < 4.78 is 2.42. The van der Waals surface area contributed by atoms with E-state index in [9.17, 15) is 0 Å². The SMILES string of the molecule is C.C.CC(C)(C)c1ccc(-c2nc3cc(N(c4cc(C(C)(C)C)cc(C(C)(C)C)c4)c4cc(C(C)(C)C)cc(N5c6cccc(C(C)(C)C)c6C6(C)CCCCC56C)c4Cl)ccc3s2)cc1.CC(C)(C)c1ccc(-c2nc3cc4c(cc3s2)B2c3ccc(C(C)(C)C)c5c3N(c3cc(C(C)(C)C)cc(c32)N4c2cc(C(C)(C)C)cc(C(C)(C)C)c2)C2(C)CCCCC52C)cc1. The number of hydrogen-bond donors (Lipinski definition) is 0. The van der Waals surface area contributed by atoms with Crippen molar-refractivity contribution in [2.45, 2.75) is 378 Å². The van der Waals surface area contributed by atoms with Gasteiger partial charge in [0.25, 0.3) is 6.71 Å². The maximum absolute atomic E-state index is 8.25. The highest BCUT2D eigenvalue weighted by Gasteiger charge is 2.64. The zero-order valence-electron chi connectivity index (χ0n) is 84.3. The second kappa shape index (κ2) is 31.9. The number of benzene rings is 10. The average molecular weight is 1790 g/mol. The fraction of sp³-hybridized carbons (Fsp3) is 0.483. The Kier molecular flexibility index (Phi) is 23.6. The van der Waals surface area contributed by atoms with E-state index >= 15 is 0 Å². The second-order valence-electron chi connectivity index (χ2n) is 50.5. The molecular formula is C120H154BClN6S2. The van der Waals surface area contributed by atoms with Crippen molar-refractivity contribution in [3.63, 3.8) is 0 Å². The molecule has 4 aliphatic heterocycles. The standard InChI is InChI=1S/C59H72BN3S.C59H74ClN3S.2CH4/c1-53(2,3)36-22-20-35(21-23-36)52-61-44-34-45-43(33-48(44)64-52)60-42-25-24-41(57(13,14)15)49-51(42)63(59(17)27-19-18-26-58(49,59)16)47-32-39(56(10,11)12)31-46(50(47)60)62(45)40-29-37(54(4,5)6)28-38(30-40)55(7,8)9;1-53(2,3)38-25-23-37(24-26-38)52-61-45-36-42(27-28-49(45)64-52)62(43-32-39(54(4,5)6)31-40(33-43)55(7,8)9)47-34-41(56(10,11)12)35-48(51(47)60)63-46-22-20-21-44(57(13,14)15)50(46)58(16)29-18-19-30-59(58,63)17;;/h20-25,28-34H,18-19,26-27H2,1-17H3;20-28,31-36H,18-19,29-30H2,1-17H3;2*1H4. The molecule has 0 amide bonds. The summed E-state index contributed by atoms with van der Waals surface area (Å²) >= 11 is 11.9. The highest BCUT2D eigenvalue weighted by atomic mass is 35.5. The molecule has 0 radical (unpaired) electrons. The highest BCUT2D eigenvalue weighted by molar-refractivity contribution is 7.22. The molecule has 6 nitrogen and oxygen atoms in total. The summed E-state index contributed by atoms with van der Waals surface area (Å²) in [6.07, 6.45) is 9.61. The maximum Gasteiger partial charge on any atom is 0.252 e. The van der Waals surface area contributed by atoms with Crippen LogP contribution in [-0.4, -0.2) is 27.8 Å². The summed E-state index contributed by atoms with van der Waals surface area (Å²) in [7, 11) is 0. The summed E-state index contributed by atoms with van der Waals surface area (Å²) in [5, 5.41) is 2.88. The van der Waals surface area contributed by atoms with Gasteiger partial charge in [0, 0.05) is 67.5 Å². The number of halogens is 1. The lowest BCUT2D eigenvalue weighted by Crippen LogP contribution is -2.64. The minimum absolute atomic E-state index is 0. The van der Waals surface area contributed by atoms with Crippen LogP contribution in [0.15, 0.2) is 170 Å². The zero-order valence-corrected chi connectivity index (χ0v) is 86.7. The highest BCUT2D eigenvalue weighted by Crippen LogP contribution is 2.67. The van der Waals surface area contributed by atoms with E-state index in [0.717, 1.165) is 67.2 Å². The van der Waals surface area contributed by atoms with E-state index in [1.165, 1.54) is 165 Å². The number of anilines is 10. The van der Waals surface area contributed by atoms with Crippen molar-refractivity contribution in [3.8, 4) is 21.1 Å². The van der Waals surface area contributed by atoms with Gasteiger partial charge in [0.1, 0.15) is 10.0 Å². The second-order valence-corrected chi connectivity index (χ2v) is 53.0. The van der Waals surface area contributed by atoms with E-state index in [4.69, 9.17) is 21.6 Å². The van der Waals surface area contributed by atoms with Crippen molar-refractivity contribution in [2.75, 3.05) is 19.6 Å². The Morgan fingerprint density at radius 3 is 1.26 bits per heavy atom. The third-order valence-electron chi connectivity index (χ3n) is 31.0. The first-order valence-corrected chi connectivity index (χ1v) is 50.1. The van der Waals surface area contributed by atoms with E-state index in [1.807, 2.05) is 11.3 Å². The minimum Gasteiger partial charge on any atom is -0.335 e. The Hall–Kier alpha value is -8.47. The van der Waals surface area contributed by atoms with Gasteiger partial charge in [0.05, 0.1) is 47.9 Å². The van der Waals surface area contributed by atoms with Crippen LogP contribution in [0.1, 0.15) is 368 Å². The molecule has 0 N–H and O–H groups in total. The largest absolute Gasteiger partial charge is 0.335 e. The summed E-state index contributed by atoms with van der Waals surface area (Å²) in [4.78, 5) is 21.6. The van der Waals surface area contributed by atoms with E-state index in [2.05, 4.69) is 425 Å². The fourth-order valence-corrected chi connectivity index (χ4v) is 24.7. The van der Waals surface area contributed by atoms with Gasteiger partial charge >= 0.3 is 0 Å². The quantitative estimate of drug-likeness (QED) is 0.148. The Morgan fingerprint density at radius 2 is 0.769 bits per heavy atom. The number of rotatable bonds is 7. The molecule has 10 heteroatoms. The first-order valence-electron chi connectivity index (χ1n) is 48.1. The number of nitrogens with zero attached hydrogens (tertiary/aromatic N) is 6. The molecule has 6 heterocycles. The maximum atomic E-state index is 8.25. The van der Waals surface area contributed by atoms with E-state index in [1.54, 1.807) is 16.9 Å². The van der Waals surface area contributed by atoms with Crippen LogP contribution < -0.4 is 36.0 Å². The number of fused-ring (bicyclic) bond motifs is 12. The Balaban J connectivity index is 0.000000196. The van der Waals surface area contributed by atoms with Gasteiger partial charge in [0.2, 0.25) is 0 Å². The molecule has 2 aromatic heterocycles. The van der Waals surface area contributed by atoms with Crippen molar-refractivity contribution < 1.29 is 0 Å². The molecule has 0 bridgehead atoms. The van der Waals surface area contributed by atoms with E-state index < -0.39 is 0 Å². The van der Waals surface area contributed by atoms with Gasteiger partial charge in [-0.2, -0.15) is 0 Å². The molecule has 10 aromatic carbocycles. The topological polar surface area (TPSA) is 38.7 Å². The lowest BCUT2D eigenvalue weighted by Gasteiger charge is -2.53. The third-order valence-corrected chi connectivity index (χ3v) is 33.5. The van der Waals surface area contributed by atoms with Gasteiger partial charge < -0.3 is 19.6 Å². The molecule has 2 saturated carbocycles. The number of hydrogen-bond acceptors (Lipinski definition) is 8. The summed E-state index contributed by atoms with van der Waals surface area (Å²) in [5.74, 6) is 0. The molecule has 4 unspecified atom stereocenters. The molecule has 0 saturated heterocycles. The summed E-state index contributed by atoms with van der Waals surface area (Å²) in [6, 6.07) is 66.9. The third kappa shape index (κ3) is 16.0. The lowest BCUT2D eigenvalue weighted by molar-refractivity contribution is 0.193. The van der Waals surface area contributed by atoms with Gasteiger partial charge in [0.15, 0.2) is 0 Å². The summed E-state index contributed by atoms with van der Waals surface area (Å²) in [6.45, 7) is 80.9. The van der Waals surface area contributed by atoms with Crippen LogP contribution in [0.2, 0.25) is 5.02 Å². The van der Waals surface area contributed by atoms with Crippen LogP contribution in [0.5, 0.6) is 0 Å². The smallest absolute Gasteiger partial charge is 0.252 e. The van der Waals surface area contributed by atoms with Crippen LogP contribution in [-0.2, 0) is 65.0 Å². The Morgan fingerprint density at radius 1 is 0.346 bits per heavy atom. The molecular weight excluding hydrogens is 1640 g/mol. The van der Waals surface area contributed by atoms with Crippen LogP contribution in [0.25, 0.3) is 41.6 Å². The van der Waals surface area contributed by atoms with Crippen molar-refractivity contribution in [1.29, 1.82) is 0 Å². The molecule has 0 spiro atoms. The molecule has 18 rings (SSSR count). The molecule has 2 fully saturated rings.